The van der Waals surface area contributed by atoms with Gasteiger partial charge in [-0.25, -0.2) is 4.98 Å². The van der Waals surface area contributed by atoms with Crippen molar-refractivity contribution in [1.82, 2.24) is 15.0 Å². The van der Waals surface area contributed by atoms with Gasteiger partial charge in [-0.05, 0) is 56.1 Å². The van der Waals surface area contributed by atoms with Crippen LogP contribution in [-0.4, -0.2) is 15.0 Å². The van der Waals surface area contributed by atoms with Gasteiger partial charge in [0, 0.05) is 17.8 Å². The van der Waals surface area contributed by atoms with Gasteiger partial charge >= 0.3 is 0 Å². The van der Waals surface area contributed by atoms with Crippen molar-refractivity contribution in [1.29, 1.82) is 0 Å². The monoisotopic (exact) mass is 257 g/mol. The van der Waals surface area contributed by atoms with Crippen molar-refractivity contribution in [3.8, 4) is 0 Å². The van der Waals surface area contributed by atoms with Gasteiger partial charge in [0.05, 0.1) is 11.4 Å². The van der Waals surface area contributed by atoms with Crippen LogP contribution >= 0.6 is 12.2 Å². The van der Waals surface area contributed by atoms with Crippen molar-refractivity contribution in [2.75, 3.05) is 0 Å². The van der Waals surface area contributed by atoms with Crippen molar-refractivity contribution in [2.24, 2.45) is 0 Å². The standard InChI is InChI=1S/C14H15N3S/c1-9-8-12(17-14(18)16-9)11-6-2-4-10-5-3-7-15-13(10)11/h3,5,7-8,11H,2,4,6H2,1H3,(H,16,17,18). The van der Waals surface area contributed by atoms with Crippen molar-refractivity contribution >= 4 is 12.2 Å². The molecule has 2 aromatic rings. The van der Waals surface area contributed by atoms with Gasteiger partial charge in [0.1, 0.15) is 0 Å². The molecule has 0 spiro atoms. The van der Waals surface area contributed by atoms with Crippen LogP contribution in [0.1, 0.15) is 41.4 Å². The van der Waals surface area contributed by atoms with Crippen LogP contribution in [0, 0.1) is 11.7 Å². The largest absolute Gasteiger partial charge is 0.335 e. The summed E-state index contributed by atoms with van der Waals surface area (Å²) in [4.78, 5) is 12.1. The molecule has 2 aromatic heterocycles. The van der Waals surface area contributed by atoms with Crippen LogP contribution < -0.4 is 0 Å². The summed E-state index contributed by atoms with van der Waals surface area (Å²) in [5, 5.41) is 0. The second kappa shape index (κ2) is 4.61. The predicted octanol–water partition coefficient (Wildman–Crippen LogP) is 3.31. The molecule has 0 fully saturated rings. The first-order valence-electron chi connectivity index (χ1n) is 6.25. The Morgan fingerprint density at radius 1 is 1.44 bits per heavy atom. The van der Waals surface area contributed by atoms with Crippen LogP contribution in [0.3, 0.4) is 0 Å². The third-order valence-electron chi connectivity index (χ3n) is 3.45. The van der Waals surface area contributed by atoms with E-state index in [1.807, 2.05) is 19.2 Å². The van der Waals surface area contributed by atoms with Crippen LogP contribution in [0.15, 0.2) is 24.4 Å². The molecule has 3 rings (SSSR count). The molecule has 4 heteroatoms. The average Bonchev–Trinajstić information content (AvgIpc) is 2.37. The zero-order chi connectivity index (χ0) is 12.5. The first-order chi connectivity index (χ1) is 8.74. The fraction of sp³-hybridized carbons (Fsp3) is 0.357. The normalized spacial score (nSPS) is 18.4. The van der Waals surface area contributed by atoms with Crippen LogP contribution in [0.4, 0.5) is 0 Å². The van der Waals surface area contributed by atoms with E-state index in [2.05, 4.69) is 27.1 Å². The molecule has 2 heterocycles. The Hall–Kier alpha value is -1.55. The van der Waals surface area contributed by atoms with Gasteiger partial charge in [0.2, 0.25) is 0 Å². The van der Waals surface area contributed by atoms with Gasteiger partial charge in [-0.15, -0.1) is 0 Å². The topological polar surface area (TPSA) is 41.6 Å². The highest BCUT2D eigenvalue weighted by molar-refractivity contribution is 7.71. The molecular formula is C14H15N3S. The van der Waals surface area contributed by atoms with Gasteiger partial charge in [-0.2, -0.15) is 0 Å². The fourth-order valence-electron chi connectivity index (χ4n) is 2.68. The molecule has 1 aliphatic rings. The first kappa shape index (κ1) is 11.5. The van der Waals surface area contributed by atoms with Crippen molar-refractivity contribution in [3.63, 3.8) is 0 Å². The predicted molar refractivity (Wildman–Crippen MR) is 73.2 cm³/mol. The molecule has 18 heavy (non-hydrogen) atoms. The van der Waals surface area contributed by atoms with Crippen LogP contribution in [0.2, 0.25) is 0 Å². The van der Waals surface area contributed by atoms with E-state index in [9.17, 15) is 0 Å². The molecule has 1 N–H and O–H groups in total. The van der Waals surface area contributed by atoms with E-state index < -0.39 is 0 Å². The van der Waals surface area contributed by atoms with Gasteiger partial charge < -0.3 is 4.98 Å². The molecule has 0 radical (unpaired) electrons. The Bertz CT molecular complexity index is 633. The lowest BCUT2D eigenvalue weighted by Crippen LogP contribution is -2.14. The quantitative estimate of drug-likeness (QED) is 0.797. The Balaban J connectivity index is 2.11. The second-order valence-electron chi connectivity index (χ2n) is 4.79. The summed E-state index contributed by atoms with van der Waals surface area (Å²) >= 11 is 5.17. The molecule has 1 atom stereocenters. The number of nitrogens with zero attached hydrogens (tertiary/aromatic N) is 2. The maximum atomic E-state index is 5.17. The third-order valence-corrected chi connectivity index (χ3v) is 3.64. The molecule has 92 valence electrons. The summed E-state index contributed by atoms with van der Waals surface area (Å²) in [5.41, 5.74) is 4.65. The maximum Gasteiger partial charge on any atom is 0.197 e. The molecule has 0 aromatic carbocycles. The number of nitrogens with one attached hydrogen (secondary N) is 1. The van der Waals surface area contributed by atoms with Crippen molar-refractivity contribution in [2.45, 2.75) is 32.1 Å². The van der Waals surface area contributed by atoms with Gasteiger partial charge in [-0.3, -0.25) is 4.98 Å². The SMILES string of the molecule is Cc1cc(C2CCCc3cccnc32)nc(=S)[nH]1. The number of aryl methyl sites for hydroxylation is 2. The van der Waals surface area contributed by atoms with Crippen LogP contribution in [0.25, 0.3) is 0 Å². The molecule has 1 unspecified atom stereocenters. The lowest BCUT2D eigenvalue weighted by Gasteiger charge is -2.23. The van der Waals surface area contributed by atoms with Crippen molar-refractivity contribution in [3.05, 3.63) is 51.8 Å². The molecule has 0 saturated carbocycles. The van der Waals surface area contributed by atoms with E-state index in [1.165, 1.54) is 17.7 Å². The number of H-pyrrole nitrogens is 1. The highest BCUT2D eigenvalue weighted by atomic mass is 32.1. The summed E-state index contributed by atoms with van der Waals surface area (Å²) < 4.78 is 0.563. The second-order valence-corrected chi connectivity index (χ2v) is 5.17. The summed E-state index contributed by atoms with van der Waals surface area (Å²) in [6.45, 7) is 2.02. The Kier molecular flexibility index (Phi) is 2.96. The molecule has 0 bridgehead atoms. The van der Waals surface area contributed by atoms with E-state index in [1.54, 1.807) is 0 Å². The summed E-state index contributed by atoms with van der Waals surface area (Å²) in [7, 11) is 0. The summed E-state index contributed by atoms with van der Waals surface area (Å²) in [6.07, 6.45) is 5.29. The zero-order valence-corrected chi connectivity index (χ0v) is 11.1. The van der Waals surface area contributed by atoms with Crippen LogP contribution in [0.5, 0.6) is 0 Å². The Morgan fingerprint density at radius 2 is 2.33 bits per heavy atom. The molecule has 3 nitrogen and oxygen atoms in total. The minimum atomic E-state index is 0.296. The minimum Gasteiger partial charge on any atom is -0.335 e. The van der Waals surface area contributed by atoms with E-state index in [0.29, 0.717) is 10.7 Å². The highest BCUT2D eigenvalue weighted by Crippen LogP contribution is 2.34. The number of hydrogen-bond acceptors (Lipinski definition) is 3. The number of aromatic amines is 1. The van der Waals surface area contributed by atoms with E-state index in [-0.39, 0.29) is 0 Å². The molecular weight excluding hydrogens is 242 g/mol. The molecule has 0 saturated heterocycles. The third kappa shape index (κ3) is 2.08. The number of fused-ring (bicyclic) bond motifs is 1. The zero-order valence-electron chi connectivity index (χ0n) is 10.3. The molecule has 1 aliphatic carbocycles. The Labute approximate surface area is 111 Å². The van der Waals surface area contributed by atoms with E-state index >= 15 is 0 Å². The number of hydrogen-bond donors (Lipinski definition) is 1. The lowest BCUT2D eigenvalue weighted by atomic mass is 9.84. The lowest BCUT2D eigenvalue weighted by molar-refractivity contribution is 0.585. The molecule has 0 amide bonds. The number of rotatable bonds is 1. The first-order valence-corrected chi connectivity index (χ1v) is 6.66. The van der Waals surface area contributed by atoms with Gasteiger partial charge in [-0.1, -0.05) is 6.07 Å². The fourth-order valence-corrected chi connectivity index (χ4v) is 2.95. The van der Waals surface area contributed by atoms with Gasteiger partial charge in [0.15, 0.2) is 4.77 Å². The maximum absolute atomic E-state index is 5.17. The van der Waals surface area contributed by atoms with E-state index in [0.717, 1.165) is 24.2 Å². The van der Waals surface area contributed by atoms with Gasteiger partial charge in [0.25, 0.3) is 0 Å². The van der Waals surface area contributed by atoms with Crippen molar-refractivity contribution < 1.29 is 0 Å². The number of aromatic nitrogens is 3. The summed E-state index contributed by atoms with van der Waals surface area (Å²) in [6, 6.07) is 6.27. The average molecular weight is 257 g/mol. The summed E-state index contributed by atoms with van der Waals surface area (Å²) in [5.74, 6) is 0.296. The molecule has 0 aliphatic heterocycles. The Morgan fingerprint density at radius 3 is 3.17 bits per heavy atom. The highest BCUT2D eigenvalue weighted by Gasteiger charge is 2.24. The van der Waals surface area contributed by atoms with E-state index in [4.69, 9.17) is 12.2 Å². The number of pyridine rings is 1. The van der Waals surface area contributed by atoms with Crippen LogP contribution in [-0.2, 0) is 6.42 Å². The smallest absolute Gasteiger partial charge is 0.197 e. The minimum absolute atomic E-state index is 0.296.